The Bertz CT molecular complexity index is 1080. The van der Waals surface area contributed by atoms with Gasteiger partial charge in [0.2, 0.25) is 0 Å². The molecule has 1 aromatic heterocycles. The number of carbonyl (C=O) groups is 1. The molecule has 0 aliphatic rings. The Labute approximate surface area is 171 Å². The van der Waals surface area contributed by atoms with E-state index in [1.807, 2.05) is 31.2 Å². The number of halogens is 1. The number of nitrogens with one attached hydrogen (secondary N) is 2. The van der Waals surface area contributed by atoms with Gasteiger partial charge in [0, 0.05) is 23.4 Å². The van der Waals surface area contributed by atoms with Gasteiger partial charge in [-0.25, -0.2) is 5.43 Å². The van der Waals surface area contributed by atoms with Crippen molar-refractivity contribution in [2.45, 2.75) is 6.92 Å². The lowest BCUT2D eigenvalue weighted by atomic mass is 10.1. The average molecular weight is 413 g/mol. The fourth-order valence-electron chi connectivity index (χ4n) is 2.54. The number of nitrogens with zero attached hydrogens (tertiary/aromatic N) is 2. The van der Waals surface area contributed by atoms with Crippen molar-refractivity contribution in [1.82, 2.24) is 5.43 Å². The smallest absolute Gasteiger partial charge is 0.270 e. The lowest BCUT2D eigenvalue weighted by Gasteiger charge is -2.07. The van der Waals surface area contributed by atoms with Gasteiger partial charge in [0.15, 0.2) is 0 Å². The molecule has 0 radical (unpaired) electrons. The molecule has 2 N–H and O–H groups in total. The summed E-state index contributed by atoms with van der Waals surface area (Å²) in [5.41, 5.74) is 4.61. The molecule has 0 bridgehead atoms. The Balaban J connectivity index is 1.59. The highest BCUT2D eigenvalue weighted by Gasteiger charge is 2.14. The molecule has 0 fully saturated rings. The Morgan fingerprint density at radius 1 is 1.24 bits per heavy atom. The topological polar surface area (TPSA) is 110 Å². The number of hydrazone groups is 1. The summed E-state index contributed by atoms with van der Waals surface area (Å²) in [6.07, 6.45) is 1.33. The number of hydrogen-bond donors (Lipinski definition) is 2. The van der Waals surface area contributed by atoms with Crippen LogP contribution in [-0.2, 0) is 4.79 Å². The first-order chi connectivity index (χ1) is 13.9. The molecule has 8 nitrogen and oxygen atoms in total. The summed E-state index contributed by atoms with van der Waals surface area (Å²) in [5, 5.41) is 18.1. The van der Waals surface area contributed by atoms with E-state index in [0.29, 0.717) is 22.1 Å². The Kier molecular flexibility index (Phi) is 6.25. The van der Waals surface area contributed by atoms with Crippen LogP contribution < -0.4 is 10.7 Å². The molecule has 0 atom stereocenters. The molecule has 0 unspecified atom stereocenters. The van der Waals surface area contributed by atoms with Crippen LogP contribution in [-0.4, -0.2) is 23.6 Å². The second-order valence-electron chi connectivity index (χ2n) is 6.08. The van der Waals surface area contributed by atoms with E-state index in [1.165, 1.54) is 24.4 Å². The maximum atomic E-state index is 11.9. The maximum absolute atomic E-state index is 11.9. The van der Waals surface area contributed by atoms with Crippen LogP contribution in [0.2, 0.25) is 5.02 Å². The second-order valence-corrected chi connectivity index (χ2v) is 6.49. The van der Waals surface area contributed by atoms with Crippen molar-refractivity contribution >= 4 is 35.1 Å². The van der Waals surface area contributed by atoms with Gasteiger partial charge in [0.05, 0.1) is 22.7 Å². The fraction of sp³-hybridized carbons (Fsp3) is 0.100. The minimum Gasteiger partial charge on any atom is -0.455 e. The van der Waals surface area contributed by atoms with E-state index in [9.17, 15) is 14.9 Å². The van der Waals surface area contributed by atoms with Crippen molar-refractivity contribution in [2.75, 3.05) is 11.9 Å². The van der Waals surface area contributed by atoms with Gasteiger partial charge in [-0.3, -0.25) is 14.9 Å². The minimum absolute atomic E-state index is 0.0644. The number of nitro benzene ring substituents is 1. The van der Waals surface area contributed by atoms with Crippen molar-refractivity contribution in [1.29, 1.82) is 0 Å². The van der Waals surface area contributed by atoms with Gasteiger partial charge < -0.3 is 9.73 Å². The van der Waals surface area contributed by atoms with Gasteiger partial charge in [0.25, 0.3) is 11.6 Å². The largest absolute Gasteiger partial charge is 0.455 e. The molecule has 0 saturated carbocycles. The molecule has 3 rings (SSSR count). The van der Waals surface area contributed by atoms with Crippen LogP contribution in [0.4, 0.5) is 11.4 Å². The molecular formula is C20H17ClN4O4. The Hall–Kier alpha value is -3.65. The van der Waals surface area contributed by atoms with Crippen LogP contribution in [0.3, 0.4) is 0 Å². The number of hydrogen-bond acceptors (Lipinski definition) is 6. The third-order valence-corrected chi connectivity index (χ3v) is 4.35. The van der Waals surface area contributed by atoms with Gasteiger partial charge in [0.1, 0.15) is 11.5 Å². The summed E-state index contributed by atoms with van der Waals surface area (Å²) in [7, 11) is 0. The highest BCUT2D eigenvalue weighted by molar-refractivity contribution is 6.33. The molecule has 2 aromatic carbocycles. The molecule has 0 aliphatic carbocycles. The van der Waals surface area contributed by atoms with Crippen molar-refractivity contribution in [3.8, 4) is 11.3 Å². The lowest BCUT2D eigenvalue weighted by Crippen LogP contribution is -2.26. The minimum atomic E-state index is -0.508. The van der Waals surface area contributed by atoms with Gasteiger partial charge >= 0.3 is 0 Å². The number of rotatable bonds is 7. The average Bonchev–Trinajstić information content (AvgIpc) is 3.16. The first-order valence-corrected chi connectivity index (χ1v) is 8.97. The SMILES string of the molecule is Cc1ccccc1NCC(=O)NN=Cc1ccc(-c2cc([N+](=O)[O-])ccc2Cl)o1. The van der Waals surface area contributed by atoms with Gasteiger partial charge in [-0.1, -0.05) is 29.8 Å². The second kappa shape index (κ2) is 9.03. The predicted octanol–water partition coefficient (Wildman–Crippen LogP) is 4.38. The summed E-state index contributed by atoms with van der Waals surface area (Å²) in [6.45, 7) is 2.01. The molecule has 3 aromatic rings. The van der Waals surface area contributed by atoms with Crippen molar-refractivity contribution in [2.24, 2.45) is 5.10 Å². The zero-order valence-electron chi connectivity index (χ0n) is 15.4. The number of nitro groups is 1. The molecule has 29 heavy (non-hydrogen) atoms. The van der Waals surface area contributed by atoms with Crippen molar-refractivity contribution in [3.63, 3.8) is 0 Å². The highest BCUT2D eigenvalue weighted by atomic mass is 35.5. The van der Waals surface area contributed by atoms with Crippen LogP contribution in [0.15, 0.2) is 64.1 Å². The van der Waals surface area contributed by atoms with E-state index in [4.69, 9.17) is 16.0 Å². The highest BCUT2D eigenvalue weighted by Crippen LogP contribution is 2.32. The number of aryl methyl sites for hydroxylation is 1. The number of benzene rings is 2. The van der Waals surface area contributed by atoms with Crippen LogP contribution in [0, 0.1) is 17.0 Å². The summed E-state index contributed by atoms with van der Waals surface area (Å²) in [4.78, 5) is 22.3. The fourth-order valence-corrected chi connectivity index (χ4v) is 2.75. The van der Waals surface area contributed by atoms with E-state index < -0.39 is 4.92 Å². The number of anilines is 1. The van der Waals surface area contributed by atoms with Gasteiger partial charge in [-0.15, -0.1) is 0 Å². The summed E-state index contributed by atoms with van der Waals surface area (Å²) >= 11 is 6.11. The number of amides is 1. The molecular weight excluding hydrogens is 396 g/mol. The third-order valence-electron chi connectivity index (χ3n) is 4.02. The van der Waals surface area contributed by atoms with Crippen molar-refractivity contribution in [3.05, 3.63) is 81.1 Å². The van der Waals surface area contributed by atoms with Gasteiger partial charge in [-0.2, -0.15) is 5.10 Å². The number of para-hydroxylation sites is 1. The monoisotopic (exact) mass is 412 g/mol. The maximum Gasteiger partial charge on any atom is 0.270 e. The number of furan rings is 1. The third kappa shape index (κ3) is 5.20. The first-order valence-electron chi connectivity index (χ1n) is 8.59. The molecule has 9 heteroatoms. The summed E-state index contributed by atoms with van der Waals surface area (Å²) < 4.78 is 5.59. The van der Waals surface area contributed by atoms with Crippen LogP contribution in [0.25, 0.3) is 11.3 Å². The molecule has 1 heterocycles. The Morgan fingerprint density at radius 3 is 2.79 bits per heavy atom. The Morgan fingerprint density at radius 2 is 2.03 bits per heavy atom. The van der Waals surface area contributed by atoms with Crippen LogP contribution in [0.5, 0.6) is 0 Å². The number of carbonyl (C=O) groups excluding carboxylic acids is 1. The quantitative estimate of drug-likeness (QED) is 0.340. The van der Waals surface area contributed by atoms with Crippen LogP contribution >= 0.6 is 11.6 Å². The number of non-ortho nitro benzene ring substituents is 1. The normalized spacial score (nSPS) is 10.8. The molecule has 0 aliphatic heterocycles. The molecule has 1 amide bonds. The summed E-state index contributed by atoms with van der Waals surface area (Å²) in [5.74, 6) is 0.389. The van der Waals surface area contributed by atoms with Crippen molar-refractivity contribution < 1.29 is 14.1 Å². The van der Waals surface area contributed by atoms with E-state index >= 15 is 0 Å². The van der Waals surface area contributed by atoms with Gasteiger partial charge in [-0.05, 0) is 36.8 Å². The standard InChI is InChI=1S/C20H17ClN4O4/c1-13-4-2-3-5-18(13)22-12-20(26)24-23-11-15-7-9-19(29-15)16-10-14(25(27)28)6-8-17(16)21/h2-11,22H,12H2,1H3,(H,24,26). The zero-order valence-corrected chi connectivity index (χ0v) is 16.1. The van der Waals surface area contributed by atoms with E-state index in [-0.39, 0.29) is 18.1 Å². The molecule has 148 valence electrons. The molecule has 0 spiro atoms. The van der Waals surface area contributed by atoms with E-state index in [1.54, 1.807) is 12.1 Å². The van der Waals surface area contributed by atoms with Crippen LogP contribution in [0.1, 0.15) is 11.3 Å². The lowest BCUT2D eigenvalue weighted by molar-refractivity contribution is -0.384. The van der Waals surface area contributed by atoms with E-state index in [0.717, 1.165) is 11.3 Å². The zero-order chi connectivity index (χ0) is 20.8. The summed E-state index contributed by atoms with van der Waals surface area (Å²) in [6, 6.07) is 15.0. The molecule has 0 saturated heterocycles. The van der Waals surface area contributed by atoms with E-state index in [2.05, 4.69) is 15.8 Å². The predicted molar refractivity (Wildman–Crippen MR) is 111 cm³/mol. The first kappa shape index (κ1) is 20.1.